The Morgan fingerprint density at radius 2 is 1.89 bits per heavy atom. The van der Waals surface area contributed by atoms with Crippen LogP contribution in [0.5, 0.6) is 0 Å². The maximum atomic E-state index is 13.3. The summed E-state index contributed by atoms with van der Waals surface area (Å²) in [6.45, 7) is 2.08. The molecule has 0 spiro atoms. The first-order valence-electron chi connectivity index (χ1n) is 8.94. The van der Waals surface area contributed by atoms with Crippen LogP contribution >= 0.6 is 0 Å². The first kappa shape index (κ1) is 17.7. The summed E-state index contributed by atoms with van der Waals surface area (Å²) in [7, 11) is 0. The minimum atomic E-state index is -0.378. The number of halogens is 1. The van der Waals surface area contributed by atoms with Gasteiger partial charge in [0.2, 0.25) is 0 Å². The van der Waals surface area contributed by atoms with Gasteiger partial charge in [0.05, 0.1) is 17.3 Å². The van der Waals surface area contributed by atoms with E-state index in [1.807, 2.05) is 42.6 Å². The highest BCUT2D eigenvalue weighted by Crippen LogP contribution is 2.32. The number of hydrogen-bond donors (Lipinski definition) is 3. The summed E-state index contributed by atoms with van der Waals surface area (Å²) in [5.74, 6) is -0.631. The molecule has 140 valence electrons. The van der Waals surface area contributed by atoms with Gasteiger partial charge in [0, 0.05) is 35.5 Å². The Kier molecular flexibility index (Phi) is 4.76. The minimum Gasteiger partial charge on any atom is -0.378 e. The molecule has 0 aliphatic carbocycles. The Balaban J connectivity index is 1.44. The molecule has 0 saturated heterocycles. The van der Waals surface area contributed by atoms with Crippen LogP contribution < -0.4 is 16.0 Å². The molecule has 5 nitrogen and oxygen atoms in total. The van der Waals surface area contributed by atoms with E-state index in [9.17, 15) is 9.18 Å². The molecule has 1 unspecified atom stereocenters. The van der Waals surface area contributed by atoms with Gasteiger partial charge >= 0.3 is 0 Å². The molecule has 3 aromatic rings. The normalized spacial score (nSPS) is 15.1. The summed E-state index contributed by atoms with van der Waals surface area (Å²) < 4.78 is 13.3. The second-order valence-electron chi connectivity index (χ2n) is 6.58. The zero-order chi connectivity index (χ0) is 19.5. The fourth-order valence-corrected chi connectivity index (χ4v) is 3.09. The van der Waals surface area contributed by atoms with Crippen LogP contribution in [-0.4, -0.2) is 10.9 Å². The van der Waals surface area contributed by atoms with Gasteiger partial charge < -0.3 is 16.0 Å². The number of pyridine rings is 1. The van der Waals surface area contributed by atoms with E-state index in [2.05, 4.69) is 27.9 Å². The third-order valence-corrected chi connectivity index (χ3v) is 4.60. The van der Waals surface area contributed by atoms with Gasteiger partial charge in [-0.05, 0) is 61.0 Å². The fourth-order valence-electron chi connectivity index (χ4n) is 3.09. The molecule has 1 aliphatic rings. The van der Waals surface area contributed by atoms with Crippen LogP contribution in [0.2, 0.25) is 0 Å². The number of carbonyl (C=O) groups is 1. The number of nitrogens with zero attached hydrogens (tertiary/aromatic N) is 1. The lowest BCUT2D eigenvalue weighted by molar-refractivity contribution is -0.110. The first-order chi connectivity index (χ1) is 13.6. The van der Waals surface area contributed by atoms with E-state index in [4.69, 9.17) is 0 Å². The number of anilines is 3. The number of amides is 1. The summed E-state index contributed by atoms with van der Waals surface area (Å²) in [6, 6.07) is 16.1. The topological polar surface area (TPSA) is 66.0 Å². The van der Waals surface area contributed by atoms with Crippen molar-refractivity contribution in [2.24, 2.45) is 0 Å². The third kappa shape index (κ3) is 3.71. The van der Waals surface area contributed by atoms with Crippen molar-refractivity contribution in [3.05, 3.63) is 90.1 Å². The molecule has 28 heavy (non-hydrogen) atoms. The SMILES string of the molecule is CC(Nc1ccc(N/C=C2\C(=O)Nc3cc(F)ccc32)cc1)c1cccnc1. The van der Waals surface area contributed by atoms with E-state index < -0.39 is 0 Å². The molecule has 0 bridgehead atoms. The van der Waals surface area contributed by atoms with Crippen molar-refractivity contribution in [3.8, 4) is 0 Å². The standard InChI is InChI=1S/C22H19FN4O/c1-14(15-3-2-10-24-12-15)26-18-7-5-17(6-8-18)25-13-20-19-9-4-16(23)11-21(19)27-22(20)28/h2-14,25-26H,1H3,(H,27,28)/b20-13-. The third-order valence-electron chi connectivity index (χ3n) is 4.60. The van der Waals surface area contributed by atoms with Crippen molar-refractivity contribution in [3.63, 3.8) is 0 Å². The summed E-state index contributed by atoms with van der Waals surface area (Å²) in [6.07, 6.45) is 5.24. The van der Waals surface area contributed by atoms with Crippen LogP contribution in [0.15, 0.2) is 73.2 Å². The van der Waals surface area contributed by atoms with Gasteiger partial charge in [0.15, 0.2) is 0 Å². The quantitative estimate of drug-likeness (QED) is 0.561. The van der Waals surface area contributed by atoms with Crippen molar-refractivity contribution in [2.75, 3.05) is 16.0 Å². The summed E-state index contributed by atoms with van der Waals surface area (Å²) in [5.41, 5.74) is 4.58. The lowest BCUT2D eigenvalue weighted by atomic mass is 10.1. The molecule has 4 rings (SSSR count). The van der Waals surface area contributed by atoms with Gasteiger partial charge in [-0.3, -0.25) is 9.78 Å². The molecule has 0 radical (unpaired) electrons. The summed E-state index contributed by atoms with van der Waals surface area (Å²) in [5, 5.41) is 9.22. The predicted molar refractivity (Wildman–Crippen MR) is 109 cm³/mol. The largest absolute Gasteiger partial charge is 0.378 e. The van der Waals surface area contributed by atoms with E-state index >= 15 is 0 Å². The van der Waals surface area contributed by atoms with Crippen LogP contribution in [0.3, 0.4) is 0 Å². The zero-order valence-corrected chi connectivity index (χ0v) is 15.2. The minimum absolute atomic E-state index is 0.133. The van der Waals surface area contributed by atoms with Crippen molar-refractivity contribution in [2.45, 2.75) is 13.0 Å². The molecule has 0 saturated carbocycles. The molecule has 3 N–H and O–H groups in total. The number of nitrogens with one attached hydrogen (secondary N) is 3. The van der Waals surface area contributed by atoms with E-state index in [-0.39, 0.29) is 17.8 Å². The van der Waals surface area contributed by atoms with Gasteiger partial charge in [-0.25, -0.2) is 4.39 Å². The van der Waals surface area contributed by atoms with Crippen molar-refractivity contribution in [1.29, 1.82) is 0 Å². The Morgan fingerprint density at radius 3 is 2.64 bits per heavy atom. The number of aromatic nitrogens is 1. The highest BCUT2D eigenvalue weighted by atomic mass is 19.1. The van der Waals surface area contributed by atoms with Gasteiger partial charge in [0.25, 0.3) is 5.91 Å². The molecule has 0 fully saturated rings. The van der Waals surface area contributed by atoms with Gasteiger partial charge in [0.1, 0.15) is 5.82 Å². The number of benzene rings is 2. The Morgan fingerprint density at radius 1 is 1.11 bits per heavy atom. The van der Waals surface area contributed by atoms with E-state index in [0.29, 0.717) is 16.8 Å². The molecule has 1 aromatic heterocycles. The van der Waals surface area contributed by atoms with Crippen LogP contribution in [0, 0.1) is 5.82 Å². The van der Waals surface area contributed by atoms with Crippen molar-refractivity contribution >= 4 is 28.5 Å². The molecule has 2 aromatic carbocycles. The number of rotatable bonds is 5. The second-order valence-corrected chi connectivity index (χ2v) is 6.58. The van der Waals surface area contributed by atoms with E-state index in [1.54, 1.807) is 18.5 Å². The lowest BCUT2D eigenvalue weighted by Crippen LogP contribution is -2.07. The Labute approximate surface area is 162 Å². The predicted octanol–water partition coefficient (Wildman–Crippen LogP) is 4.80. The molecule has 6 heteroatoms. The first-order valence-corrected chi connectivity index (χ1v) is 8.94. The van der Waals surface area contributed by atoms with Crippen LogP contribution in [0.25, 0.3) is 5.57 Å². The molecule has 1 amide bonds. The van der Waals surface area contributed by atoms with Crippen LogP contribution in [0.4, 0.5) is 21.5 Å². The average Bonchev–Trinajstić information content (AvgIpc) is 3.02. The molecule has 1 aliphatic heterocycles. The van der Waals surface area contributed by atoms with Gasteiger partial charge in [-0.2, -0.15) is 0 Å². The number of hydrogen-bond acceptors (Lipinski definition) is 4. The molecule has 2 heterocycles. The molecular weight excluding hydrogens is 355 g/mol. The number of fused-ring (bicyclic) bond motifs is 1. The maximum absolute atomic E-state index is 13.3. The van der Waals surface area contributed by atoms with Crippen LogP contribution in [0.1, 0.15) is 24.1 Å². The highest BCUT2D eigenvalue weighted by molar-refractivity contribution is 6.31. The second kappa shape index (κ2) is 7.52. The summed E-state index contributed by atoms with van der Waals surface area (Å²) in [4.78, 5) is 16.3. The molecular formula is C22H19FN4O. The van der Waals surface area contributed by atoms with Gasteiger partial charge in [-0.1, -0.05) is 6.07 Å². The van der Waals surface area contributed by atoms with Gasteiger partial charge in [-0.15, -0.1) is 0 Å². The maximum Gasteiger partial charge on any atom is 0.257 e. The van der Waals surface area contributed by atoms with E-state index in [0.717, 1.165) is 16.9 Å². The highest BCUT2D eigenvalue weighted by Gasteiger charge is 2.24. The van der Waals surface area contributed by atoms with Crippen LogP contribution in [-0.2, 0) is 4.79 Å². The fraction of sp³-hybridized carbons (Fsp3) is 0.0909. The van der Waals surface area contributed by atoms with Crippen molar-refractivity contribution in [1.82, 2.24) is 4.98 Å². The monoisotopic (exact) mass is 374 g/mol. The smallest absolute Gasteiger partial charge is 0.257 e. The summed E-state index contributed by atoms with van der Waals surface area (Å²) >= 11 is 0. The van der Waals surface area contributed by atoms with Crippen molar-refractivity contribution < 1.29 is 9.18 Å². The molecule has 1 atom stereocenters. The lowest BCUT2D eigenvalue weighted by Gasteiger charge is -2.15. The Bertz CT molecular complexity index is 1030. The zero-order valence-electron chi connectivity index (χ0n) is 15.2. The van der Waals surface area contributed by atoms with E-state index in [1.165, 1.54) is 12.1 Å². The average molecular weight is 374 g/mol. The number of carbonyl (C=O) groups excluding carboxylic acids is 1. The Hall–Kier alpha value is -3.67.